The van der Waals surface area contributed by atoms with Gasteiger partial charge in [0.1, 0.15) is 0 Å². The summed E-state index contributed by atoms with van der Waals surface area (Å²) < 4.78 is 30.9. The number of halogens is 1. The highest BCUT2D eigenvalue weighted by Crippen LogP contribution is 2.09. The lowest BCUT2D eigenvalue weighted by atomic mass is 10.2. The lowest BCUT2D eigenvalue weighted by Crippen LogP contribution is -2.47. The highest BCUT2D eigenvalue weighted by Gasteiger charge is 2.26. The molecule has 0 aromatic carbocycles. The zero-order valence-electron chi connectivity index (χ0n) is 13.3. The Kier molecular flexibility index (Phi) is 11.0. The number of ether oxygens (including phenoxy) is 1. The van der Waals surface area contributed by atoms with Gasteiger partial charge in [-0.05, 0) is 26.3 Å². The molecule has 1 amide bonds. The first-order chi connectivity index (χ1) is 10.00. The number of rotatable bonds is 10. The van der Waals surface area contributed by atoms with Crippen LogP contribution in [0.3, 0.4) is 0 Å². The number of hydrogen-bond acceptors (Lipinski definition) is 5. The van der Waals surface area contributed by atoms with E-state index in [1.54, 1.807) is 4.90 Å². The summed E-state index contributed by atoms with van der Waals surface area (Å²) in [6, 6.07) is 0.172. The van der Waals surface area contributed by atoms with Gasteiger partial charge in [0.25, 0.3) is 0 Å². The van der Waals surface area contributed by atoms with Crippen molar-refractivity contribution in [2.75, 3.05) is 45.1 Å². The summed E-state index contributed by atoms with van der Waals surface area (Å²) in [5.41, 5.74) is 0. The van der Waals surface area contributed by atoms with E-state index < -0.39 is 10.0 Å². The van der Waals surface area contributed by atoms with Crippen LogP contribution in [0.4, 0.5) is 0 Å². The van der Waals surface area contributed by atoms with Crippen molar-refractivity contribution in [1.82, 2.24) is 14.9 Å². The van der Waals surface area contributed by atoms with Crippen molar-refractivity contribution in [1.29, 1.82) is 0 Å². The van der Waals surface area contributed by atoms with Gasteiger partial charge in [0.15, 0.2) is 0 Å². The molecule has 1 rings (SSSR count). The Labute approximate surface area is 139 Å². The molecule has 1 atom stereocenters. The van der Waals surface area contributed by atoms with Crippen molar-refractivity contribution in [3.8, 4) is 0 Å². The van der Waals surface area contributed by atoms with Crippen LogP contribution in [0.2, 0.25) is 0 Å². The van der Waals surface area contributed by atoms with Crippen molar-refractivity contribution in [2.24, 2.45) is 0 Å². The zero-order valence-corrected chi connectivity index (χ0v) is 15.0. The standard InChI is InChI=1S/C13H27N3O4S.ClH/c1-3-7-16(12-5-6-14-10-12)13(17)11-15-21(18,19)9-8-20-4-2;/h12,14-15H,3-11H2,1-2H3;1H. The first-order valence-electron chi connectivity index (χ1n) is 7.55. The predicted molar refractivity (Wildman–Crippen MR) is 88.8 cm³/mol. The minimum Gasteiger partial charge on any atom is -0.381 e. The molecule has 0 aromatic rings. The van der Waals surface area contributed by atoms with Gasteiger partial charge in [-0.1, -0.05) is 6.92 Å². The van der Waals surface area contributed by atoms with Crippen LogP contribution in [-0.2, 0) is 19.6 Å². The van der Waals surface area contributed by atoms with Crippen LogP contribution in [0.25, 0.3) is 0 Å². The molecule has 1 saturated heterocycles. The van der Waals surface area contributed by atoms with Crippen molar-refractivity contribution < 1.29 is 17.9 Å². The van der Waals surface area contributed by atoms with Gasteiger partial charge >= 0.3 is 0 Å². The van der Waals surface area contributed by atoms with Crippen LogP contribution in [0, 0.1) is 0 Å². The molecule has 9 heteroatoms. The minimum absolute atomic E-state index is 0. The highest BCUT2D eigenvalue weighted by molar-refractivity contribution is 7.89. The molecule has 2 N–H and O–H groups in total. The van der Waals surface area contributed by atoms with E-state index in [1.807, 2.05) is 13.8 Å². The molecule has 0 saturated carbocycles. The average molecular weight is 358 g/mol. The van der Waals surface area contributed by atoms with Gasteiger partial charge in [-0.25, -0.2) is 13.1 Å². The van der Waals surface area contributed by atoms with Crippen LogP contribution in [0.15, 0.2) is 0 Å². The summed E-state index contributed by atoms with van der Waals surface area (Å²) in [5, 5.41) is 3.22. The SMILES string of the molecule is CCCN(C(=O)CNS(=O)(=O)CCOCC)C1CCNC1.Cl. The quantitative estimate of drug-likeness (QED) is 0.536. The predicted octanol–water partition coefficient (Wildman–Crippen LogP) is -0.0354. The second-order valence-electron chi connectivity index (χ2n) is 5.07. The second kappa shape index (κ2) is 11.2. The maximum atomic E-state index is 12.2. The van der Waals surface area contributed by atoms with Crippen molar-refractivity contribution in [2.45, 2.75) is 32.7 Å². The molecule has 0 radical (unpaired) electrons. The number of carbonyl (C=O) groups is 1. The van der Waals surface area contributed by atoms with Crippen LogP contribution < -0.4 is 10.0 Å². The molecule has 0 aromatic heterocycles. The van der Waals surface area contributed by atoms with E-state index in [2.05, 4.69) is 10.0 Å². The number of nitrogens with one attached hydrogen (secondary N) is 2. The Morgan fingerprint density at radius 2 is 2.14 bits per heavy atom. The molecule has 0 aliphatic carbocycles. The van der Waals surface area contributed by atoms with E-state index in [9.17, 15) is 13.2 Å². The molecule has 1 aliphatic rings. The molecule has 1 aliphatic heterocycles. The molecule has 22 heavy (non-hydrogen) atoms. The lowest BCUT2D eigenvalue weighted by Gasteiger charge is -2.28. The minimum atomic E-state index is -3.46. The number of nitrogens with zero attached hydrogens (tertiary/aromatic N) is 1. The van der Waals surface area contributed by atoms with Crippen LogP contribution in [0.5, 0.6) is 0 Å². The van der Waals surface area contributed by atoms with Crippen LogP contribution >= 0.6 is 12.4 Å². The third-order valence-electron chi connectivity index (χ3n) is 3.40. The third-order valence-corrected chi connectivity index (χ3v) is 4.69. The van der Waals surface area contributed by atoms with Gasteiger partial charge in [0.05, 0.1) is 18.9 Å². The van der Waals surface area contributed by atoms with Gasteiger partial charge in [-0.3, -0.25) is 4.79 Å². The monoisotopic (exact) mass is 357 g/mol. The van der Waals surface area contributed by atoms with Gasteiger partial charge in [-0.2, -0.15) is 0 Å². The molecule has 1 unspecified atom stereocenters. The number of carbonyl (C=O) groups excluding carboxylic acids is 1. The lowest BCUT2D eigenvalue weighted by molar-refractivity contribution is -0.131. The maximum Gasteiger partial charge on any atom is 0.237 e. The molecule has 0 bridgehead atoms. The van der Waals surface area contributed by atoms with Crippen molar-refractivity contribution in [3.05, 3.63) is 0 Å². The maximum absolute atomic E-state index is 12.2. The second-order valence-corrected chi connectivity index (χ2v) is 7.00. The molecular formula is C13H28ClN3O4S. The van der Waals surface area contributed by atoms with E-state index in [-0.39, 0.29) is 43.3 Å². The summed E-state index contributed by atoms with van der Waals surface area (Å²) in [4.78, 5) is 14.0. The fourth-order valence-corrected chi connectivity index (χ4v) is 3.14. The van der Waals surface area contributed by atoms with Gasteiger partial charge in [-0.15, -0.1) is 12.4 Å². The zero-order chi connectivity index (χ0) is 15.7. The molecule has 0 spiro atoms. The Morgan fingerprint density at radius 3 is 2.68 bits per heavy atom. The molecule has 7 nitrogen and oxygen atoms in total. The third kappa shape index (κ3) is 7.73. The fourth-order valence-electron chi connectivity index (χ4n) is 2.32. The van der Waals surface area contributed by atoms with E-state index in [0.29, 0.717) is 13.2 Å². The summed E-state index contributed by atoms with van der Waals surface area (Å²) in [7, 11) is -3.46. The first kappa shape index (κ1) is 21.6. The Hall–Kier alpha value is -0.410. The van der Waals surface area contributed by atoms with Crippen LogP contribution in [-0.4, -0.2) is 70.4 Å². The Balaban J connectivity index is 0.00000441. The summed E-state index contributed by atoms with van der Waals surface area (Å²) in [5.74, 6) is -0.280. The molecule has 132 valence electrons. The topological polar surface area (TPSA) is 87.7 Å². The van der Waals surface area contributed by atoms with Crippen LogP contribution in [0.1, 0.15) is 26.7 Å². The Bertz CT molecular complexity index is 414. The smallest absolute Gasteiger partial charge is 0.237 e. The van der Waals surface area contributed by atoms with Gasteiger partial charge < -0.3 is 15.0 Å². The van der Waals surface area contributed by atoms with Gasteiger partial charge in [0.2, 0.25) is 15.9 Å². The van der Waals surface area contributed by atoms with E-state index in [1.165, 1.54) is 0 Å². The summed E-state index contributed by atoms with van der Waals surface area (Å²) >= 11 is 0. The Morgan fingerprint density at radius 1 is 1.41 bits per heavy atom. The summed E-state index contributed by atoms with van der Waals surface area (Å²) in [6.45, 7) is 6.60. The molecule has 1 heterocycles. The average Bonchev–Trinajstić information content (AvgIpc) is 2.96. The number of sulfonamides is 1. The van der Waals surface area contributed by atoms with E-state index in [0.717, 1.165) is 25.9 Å². The van der Waals surface area contributed by atoms with Crippen molar-refractivity contribution >= 4 is 28.3 Å². The van der Waals surface area contributed by atoms with E-state index >= 15 is 0 Å². The van der Waals surface area contributed by atoms with Crippen molar-refractivity contribution in [3.63, 3.8) is 0 Å². The molecule has 1 fully saturated rings. The number of hydrogen-bond donors (Lipinski definition) is 2. The fraction of sp³-hybridized carbons (Fsp3) is 0.923. The molecular weight excluding hydrogens is 330 g/mol. The largest absolute Gasteiger partial charge is 0.381 e. The first-order valence-corrected chi connectivity index (χ1v) is 9.20. The normalized spacial score (nSPS) is 18.0. The highest BCUT2D eigenvalue weighted by atomic mass is 35.5. The summed E-state index contributed by atoms with van der Waals surface area (Å²) in [6.07, 6.45) is 1.78. The van der Waals surface area contributed by atoms with E-state index in [4.69, 9.17) is 4.74 Å². The number of amides is 1. The van der Waals surface area contributed by atoms with Gasteiger partial charge in [0, 0.05) is 25.7 Å².